The Kier molecular flexibility index (Phi) is 9.37. The lowest BCUT2D eigenvalue weighted by Crippen LogP contribution is -2.50. The minimum Gasteiger partial charge on any atom is -0.497 e. The van der Waals surface area contributed by atoms with E-state index in [1.165, 1.54) is 35.5 Å². The van der Waals surface area contributed by atoms with Gasteiger partial charge in [-0.25, -0.2) is 13.2 Å². The third-order valence-corrected chi connectivity index (χ3v) is 9.61. The van der Waals surface area contributed by atoms with E-state index in [-0.39, 0.29) is 54.3 Å². The molecule has 45 heavy (non-hydrogen) atoms. The van der Waals surface area contributed by atoms with Crippen LogP contribution in [0.2, 0.25) is 0 Å². The number of hydrogen-bond donors (Lipinski definition) is 3. The van der Waals surface area contributed by atoms with E-state index >= 15 is 0 Å². The molecule has 14 heteroatoms. The van der Waals surface area contributed by atoms with Gasteiger partial charge in [-0.2, -0.15) is 4.31 Å². The van der Waals surface area contributed by atoms with Crippen LogP contribution in [0.1, 0.15) is 24.2 Å². The summed E-state index contributed by atoms with van der Waals surface area (Å²) in [6.45, 7) is 3.51. The molecular formula is C31H36N4O9S. The van der Waals surface area contributed by atoms with Gasteiger partial charge in [0.1, 0.15) is 11.9 Å². The number of rotatable bonds is 9. The van der Waals surface area contributed by atoms with Crippen LogP contribution in [0.5, 0.6) is 23.0 Å². The SMILES string of the molecule is COc1ccc(S(=O)(=O)N(C)C[C@@H]2Oc3c(NC(=O)Nc4ccc5c(c4)OCO5)cccc3C(=O)N([C@H](C)CO)C[C@@H]2C)cc1. The number of ether oxygens (including phenoxy) is 4. The second-order valence-corrected chi connectivity index (χ2v) is 13.0. The predicted molar refractivity (Wildman–Crippen MR) is 166 cm³/mol. The van der Waals surface area contributed by atoms with Crippen molar-refractivity contribution in [3.8, 4) is 23.0 Å². The number of benzene rings is 3. The van der Waals surface area contributed by atoms with Crippen molar-refractivity contribution in [1.29, 1.82) is 0 Å². The second-order valence-electron chi connectivity index (χ2n) is 10.9. The average Bonchev–Trinajstić information content (AvgIpc) is 3.50. The van der Waals surface area contributed by atoms with Gasteiger partial charge in [-0.05, 0) is 55.5 Å². The number of likely N-dealkylation sites (N-methyl/N-ethyl adjacent to an activating group) is 1. The van der Waals surface area contributed by atoms with Gasteiger partial charge in [-0.3, -0.25) is 4.79 Å². The highest BCUT2D eigenvalue weighted by Gasteiger charge is 2.36. The smallest absolute Gasteiger partial charge is 0.323 e. The summed E-state index contributed by atoms with van der Waals surface area (Å²) in [7, 11) is -0.968. The number of urea groups is 1. The summed E-state index contributed by atoms with van der Waals surface area (Å²) in [5.41, 5.74) is 0.816. The molecule has 2 aliphatic heterocycles. The van der Waals surface area contributed by atoms with Crippen LogP contribution in [-0.4, -0.2) is 87.5 Å². The monoisotopic (exact) mass is 640 g/mol. The fraction of sp³-hybridized carbons (Fsp3) is 0.355. The van der Waals surface area contributed by atoms with Crippen LogP contribution in [0, 0.1) is 5.92 Å². The summed E-state index contributed by atoms with van der Waals surface area (Å²) in [5, 5.41) is 15.4. The fourth-order valence-corrected chi connectivity index (χ4v) is 6.28. The molecule has 240 valence electrons. The zero-order chi connectivity index (χ0) is 32.3. The molecule has 0 saturated heterocycles. The summed E-state index contributed by atoms with van der Waals surface area (Å²) in [6, 6.07) is 14.7. The lowest BCUT2D eigenvalue weighted by molar-refractivity contribution is 0.0389. The van der Waals surface area contributed by atoms with E-state index in [2.05, 4.69) is 10.6 Å². The number of carbonyl (C=O) groups excluding carboxylic acids is 2. The maximum Gasteiger partial charge on any atom is 0.323 e. The number of methoxy groups -OCH3 is 1. The molecule has 0 spiro atoms. The van der Waals surface area contributed by atoms with Crippen molar-refractivity contribution in [2.45, 2.75) is 30.9 Å². The van der Waals surface area contributed by atoms with Crippen LogP contribution in [-0.2, 0) is 10.0 Å². The molecule has 2 heterocycles. The Morgan fingerprint density at radius 3 is 2.56 bits per heavy atom. The quantitative estimate of drug-likeness (QED) is 0.318. The number of anilines is 2. The summed E-state index contributed by atoms with van der Waals surface area (Å²) in [6.07, 6.45) is -0.747. The lowest BCUT2D eigenvalue weighted by atomic mass is 9.99. The van der Waals surface area contributed by atoms with Gasteiger partial charge in [0.25, 0.3) is 5.91 Å². The first kappa shape index (κ1) is 31.9. The van der Waals surface area contributed by atoms with E-state index in [0.29, 0.717) is 22.9 Å². The van der Waals surface area contributed by atoms with Crippen molar-refractivity contribution >= 4 is 33.3 Å². The first-order chi connectivity index (χ1) is 21.5. The van der Waals surface area contributed by atoms with Crippen LogP contribution in [0.4, 0.5) is 16.2 Å². The van der Waals surface area contributed by atoms with E-state index in [0.717, 1.165) is 0 Å². The molecule has 3 atom stereocenters. The van der Waals surface area contributed by atoms with Crippen molar-refractivity contribution in [3.63, 3.8) is 0 Å². The Balaban J connectivity index is 1.44. The van der Waals surface area contributed by atoms with Crippen molar-refractivity contribution < 1.29 is 42.1 Å². The Bertz CT molecular complexity index is 1670. The molecule has 0 radical (unpaired) electrons. The Hall–Kier alpha value is -4.53. The molecule has 0 aromatic heterocycles. The molecule has 0 unspecified atom stereocenters. The third kappa shape index (κ3) is 6.77. The third-order valence-electron chi connectivity index (χ3n) is 7.77. The Labute approximate surface area is 261 Å². The lowest BCUT2D eigenvalue weighted by Gasteiger charge is -2.38. The van der Waals surface area contributed by atoms with Gasteiger partial charge in [-0.15, -0.1) is 0 Å². The van der Waals surface area contributed by atoms with E-state index in [4.69, 9.17) is 18.9 Å². The minimum atomic E-state index is -3.92. The van der Waals surface area contributed by atoms with Crippen LogP contribution >= 0.6 is 0 Å². The molecule has 3 aromatic rings. The van der Waals surface area contributed by atoms with Gasteiger partial charge in [0.2, 0.25) is 16.8 Å². The average molecular weight is 641 g/mol. The maximum atomic E-state index is 13.8. The highest BCUT2D eigenvalue weighted by atomic mass is 32.2. The Morgan fingerprint density at radius 1 is 1.11 bits per heavy atom. The molecule has 0 bridgehead atoms. The van der Waals surface area contributed by atoms with Gasteiger partial charge in [0.05, 0.1) is 42.4 Å². The zero-order valence-corrected chi connectivity index (χ0v) is 26.2. The largest absolute Gasteiger partial charge is 0.497 e. The summed E-state index contributed by atoms with van der Waals surface area (Å²) in [4.78, 5) is 28.5. The van der Waals surface area contributed by atoms with Crippen LogP contribution < -0.4 is 29.6 Å². The number of hydrogen-bond acceptors (Lipinski definition) is 9. The number of fused-ring (bicyclic) bond motifs is 2. The molecular weight excluding hydrogens is 604 g/mol. The number of para-hydroxylation sites is 1. The maximum absolute atomic E-state index is 13.8. The van der Waals surface area contributed by atoms with E-state index in [1.54, 1.807) is 55.5 Å². The normalized spacial score (nSPS) is 18.4. The van der Waals surface area contributed by atoms with Gasteiger partial charge < -0.3 is 39.6 Å². The molecule has 2 aliphatic rings. The number of aliphatic hydroxyl groups excluding tert-OH is 1. The van der Waals surface area contributed by atoms with Crippen molar-refractivity contribution in [1.82, 2.24) is 9.21 Å². The Morgan fingerprint density at radius 2 is 1.84 bits per heavy atom. The van der Waals surface area contributed by atoms with E-state index in [9.17, 15) is 23.1 Å². The number of aliphatic hydroxyl groups is 1. The summed E-state index contributed by atoms with van der Waals surface area (Å²) in [5.74, 6) is 0.908. The number of carbonyl (C=O) groups is 2. The predicted octanol–water partition coefficient (Wildman–Crippen LogP) is 3.61. The molecule has 5 rings (SSSR count). The molecule has 13 nitrogen and oxygen atoms in total. The molecule has 0 saturated carbocycles. The molecule has 0 fully saturated rings. The first-order valence-corrected chi connectivity index (χ1v) is 15.8. The number of sulfonamides is 1. The standard InChI is InChI=1S/C31H36N4O9S/c1-19-15-35(20(2)17-36)30(37)24-6-5-7-25(33-31(38)32-21-8-13-26-27(14-21)43-18-42-26)29(24)44-28(19)16-34(3)45(39,40)23-11-9-22(41-4)10-12-23/h5-14,19-20,28,36H,15-18H2,1-4H3,(H2,32,33,38)/t19-,20+,28-/m0/s1. The minimum absolute atomic E-state index is 0.0672. The topological polar surface area (TPSA) is 156 Å². The first-order valence-electron chi connectivity index (χ1n) is 14.3. The number of amides is 3. The zero-order valence-electron chi connectivity index (χ0n) is 25.3. The van der Waals surface area contributed by atoms with Gasteiger partial charge in [-0.1, -0.05) is 13.0 Å². The van der Waals surface area contributed by atoms with E-state index in [1.807, 2.05) is 6.92 Å². The molecule has 3 amide bonds. The number of nitrogens with one attached hydrogen (secondary N) is 2. The second kappa shape index (κ2) is 13.2. The van der Waals surface area contributed by atoms with Crippen LogP contribution in [0.15, 0.2) is 65.6 Å². The highest BCUT2D eigenvalue weighted by molar-refractivity contribution is 7.89. The number of nitrogens with zero attached hydrogens (tertiary/aromatic N) is 2. The van der Waals surface area contributed by atoms with Gasteiger partial charge in [0, 0.05) is 31.3 Å². The summed E-state index contributed by atoms with van der Waals surface area (Å²) >= 11 is 0. The van der Waals surface area contributed by atoms with Crippen LogP contribution in [0.3, 0.4) is 0 Å². The highest BCUT2D eigenvalue weighted by Crippen LogP contribution is 2.37. The van der Waals surface area contributed by atoms with Crippen molar-refractivity contribution in [3.05, 3.63) is 66.2 Å². The van der Waals surface area contributed by atoms with Crippen LogP contribution in [0.25, 0.3) is 0 Å². The molecule has 3 N–H and O–H groups in total. The fourth-order valence-electron chi connectivity index (χ4n) is 5.10. The van der Waals surface area contributed by atoms with E-state index < -0.39 is 34.1 Å². The van der Waals surface area contributed by atoms with Crippen molar-refractivity contribution in [2.24, 2.45) is 5.92 Å². The molecule has 3 aromatic carbocycles. The van der Waals surface area contributed by atoms with Gasteiger partial charge >= 0.3 is 6.03 Å². The van der Waals surface area contributed by atoms with Crippen molar-refractivity contribution in [2.75, 3.05) is 51.3 Å². The van der Waals surface area contributed by atoms with Gasteiger partial charge in [0.15, 0.2) is 17.2 Å². The molecule has 0 aliphatic carbocycles. The summed E-state index contributed by atoms with van der Waals surface area (Å²) < 4.78 is 50.5.